The highest BCUT2D eigenvalue weighted by atomic mass is 35.5. The molecule has 0 aliphatic heterocycles. The van der Waals surface area contributed by atoms with Gasteiger partial charge >= 0.3 is 0 Å². The molecule has 0 fully saturated rings. The fraction of sp³-hybridized carbons (Fsp3) is 0.308. The van der Waals surface area contributed by atoms with Gasteiger partial charge in [0.2, 0.25) is 0 Å². The molecule has 0 saturated heterocycles. The van der Waals surface area contributed by atoms with Gasteiger partial charge in [-0.25, -0.2) is 4.98 Å². The number of rotatable bonds is 3. The Bertz CT molecular complexity index is 570. The second-order valence-electron chi connectivity index (χ2n) is 3.40. The maximum absolute atomic E-state index is 10.6. The summed E-state index contributed by atoms with van der Waals surface area (Å²) in [7, 11) is 0. The molecule has 0 unspecified atom stereocenters. The first kappa shape index (κ1) is 15.6. The van der Waals surface area contributed by atoms with E-state index in [0.717, 1.165) is 22.7 Å². The summed E-state index contributed by atoms with van der Waals surface area (Å²) in [4.78, 5) is 14.5. The lowest BCUT2D eigenvalue weighted by molar-refractivity contribution is -0.384. The first-order chi connectivity index (χ1) is 9.11. The van der Waals surface area contributed by atoms with Crippen molar-refractivity contribution in [1.29, 1.82) is 0 Å². The zero-order chi connectivity index (χ0) is 14.4. The number of non-ortho nitro benzene ring substituents is 1. The van der Waals surface area contributed by atoms with Crippen LogP contribution in [0.3, 0.4) is 0 Å². The molecule has 0 bridgehead atoms. The van der Waals surface area contributed by atoms with Crippen LogP contribution in [0.2, 0.25) is 5.02 Å². The second-order valence-corrected chi connectivity index (χ2v) is 4.75. The van der Waals surface area contributed by atoms with Crippen molar-refractivity contribution in [2.24, 2.45) is 0 Å². The standard InChI is InChI=1S/C11H9ClN2O2S.C2H6/c1-2-11-13-10(6-17-11)8-4-3-7(14(15)16)5-9(8)12;1-2/h3-6H,2H2,1H3;1-2H3. The summed E-state index contributed by atoms with van der Waals surface area (Å²) in [5.74, 6) is 0. The SMILES string of the molecule is CC.CCc1nc(-c2ccc([N+](=O)[O-])cc2Cl)cs1. The van der Waals surface area contributed by atoms with Gasteiger partial charge in [-0.3, -0.25) is 10.1 Å². The smallest absolute Gasteiger partial charge is 0.258 e. The summed E-state index contributed by atoms with van der Waals surface area (Å²) in [6, 6.07) is 4.42. The molecular formula is C13H15ClN2O2S. The second kappa shape index (κ2) is 7.21. The van der Waals surface area contributed by atoms with Crippen LogP contribution in [0.25, 0.3) is 11.3 Å². The molecule has 19 heavy (non-hydrogen) atoms. The van der Waals surface area contributed by atoms with E-state index in [2.05, 4.69) is 4.98 Å². The van der Waals surface area contributed by atoms with Gasteiger partial charge in [0.1, 0.15) is 0 Å². The molecule has 0 atom stereocenters. The van der Waals surface area contributed by atoms with Crippen LogP contribution in [-0.2, 0) is 6.42 Å². The highest BCUT2D eigenvalue weighted by Gasteiger charge is 2.12. The van der Waals surface area contributed by atoms with Gasteiger partial charge in [0.25, 0.3) is 5.69 Å². The fourth-order valence-corrected chi connectivity index (χ4v) is 2.44. The molecule has 6 heteroatoms. The quantitative estimate of drug-likeness (QED) is 0.594. The predicted octanol–water partition coefficient (Wildman–Crippen LogP) is 4.96. The van der Waals surface area contributed by atoms with Gasteiger partial charge in [-0.05, 0) is 12.5 Å². The molecule has 0 amide bonds. The number of thiazole rings is 1. The van der Waals surface area contributed by atoms with E-state index in [4.69, 9.17) is 11.6 Å². The van der Waals surface area contributed by atoms with Crippen LogP contribution in [-0.4, -0.2) is 9.91 Å². The average molecular weight is 299 g/mol. The Labute approximate surface area is 121 Å². The molecule has 102 valence electrons. The van der Waals surface area contributed by atoms with Gasteiger partial charge in [0.15, 0.2) is 0 Å². The molecule has 4 nitrogen and oxygen atoms in total. The molecule has 1 aromatic heterocycles. The zero-order valence-electron chi connectivity index (χ0n) is 11.0. The van der Waals surface area contributed by atoms with Crippen LogP contribution in [0.1, 0.15) is 25.8 Å². The largest absolute Gasteiger partial charge is 0.270 e. The summed E-state index contributed by atoms with van der Waals surface area (Å²) in [5, 5.41) is 13.9. The van der Waals surface area contributed by atoms with Crippen molar-refractivity contribution < 1.29 is 4.92 Å². The third kappa shape index (κ3) is 3.75. The third-order valence-electron chi connectivity index (χ3n) is 2.29. The molecule has 0 radical (unpaired) electrons. The van der Waals surface area contributed by atoms with Gasteiger partial charge in [0.05, 0.1) is 20.6 Å². The van der Waals surface area contributed by atoms with Gasteiger partial charge < -0.3 is 0 Å². The van der Waals surface area contributed by atoms with Crippen molar-refractivity contribution in [3.63, 3.8) is 0 Å². The minimum absolute atomic E-state index is 0.00954. The maximum atomic E-state index is 10.6. The highest BCUT2D eigenvalue weighted by molar-refractivity contribution is 7.09. The Morgan fingerprint density at radius 2 is 2.11 bits per heavy atom. The Morgan fingerprint density at radius 3 is 2.58 bits per heavy atom. The zero-order valence-corrected chi connectivity index (χ0v) is 12.6. The highest BCUT2D eigenvalue weighted by Crippen LogP contribution is 2.31. The average Bonchev–Trinajstić information content (AvgIpc) is 2.89. The normalized spacial score (nSPS) is 9.68. The minimum Gasteiger partial charge on any atom is -0.258 e. The summed E-state index contributed by atoms with van der Waals surface area (Å²) >= 11 is 7.58. The molecule has 0 aliphatic rings. The van der Waals surface area contributed by atoms with Crippen molar-refractivity contribution in [3.8, 4) is 11.3 Å². The third-order valence-corrected chi connectivity index (χ3v) is 3.60. The molecule has 0 saturated carbocycles. The Hall–Kier alpha value is -1.46. The van der Waals surface area contributed by atoms with Crippen molar-refractivity contribution in [2.75, 3.05) is 0 Å². The molecule has 0 spiro atoms. The van der Waals surface area contributed by atoms with Gasteiger partial charge in [-0.15, -0.1) is 11.3 Å². The van der Waals surface area contributed by atoms with Crippen molar-refractivity contribution in [1.82, 2.24) is 4.98 Å². The van der Waals surface area contributed by atoms with Gasteiger partial charge in [-0.2, -0.15) is 0 Å². The van der Waals surface area contributed by atoms with Gasteiger partial charge in [0, 0.05) is 23.1 Å². The topological polar surface area (TPSA) is 56.0 Å². The minimum atomic E-state index is -0.464. The number of nitro benzene ring substituents is 1. The number of aromatic nitrogens is 1. The first-order valence-electron chi connectivity index (χ1n) is 6.00. The van der Waals surface area contributed by atoms with Crippen LogP contribution in [0, 0.1) is 10.1 Å². The molecule has 0 aliphatic carbocycles. The Balaban J connectivity index is 0.000000861. The molecule has 2 rings (SSSR count). The fourth-order valence-electron chi connectivity index (χ4n) is 1.42. The summed E-state index contributed by atoms with van der Waals surface area (Å²) in [6.07, 6.45) is 0.870. The van der Waals surface area contributed by atoms with Crippen LogP contribution in [0.4, 0.5) is 5.69 Å². The summed E-state index contributed by atoms with van der Waals surface area (Å²) in [6.45, 7) is 6.03. The predicted molar refractivity (Wildman–Crippen MR) is 79.9 cm³/mol. The lowest BCUT2D eigenvalue weighted by Gasteiger charge is -2.00. The lowest BCUT2D eigenvalue weighted by atomic mass is 10.1. The Kier molecular flexibility index (Phi) is 5.92. The van der Waals surface area contributed by atoms with Crippen LogP contribution < -0.4 is 0 Å². The van der Waals surface area contributed by atoms with E-state index < -0.39 is 4.92 Å². The summed E-state index contributed by atoms with van der Waals surface area (Å²) < 4.78 is 0. The van der Waals surface area contributed by atoms with E-state index in [0.29, 0.717) is 5.02 Å². The number of hydrogen-bond donors (Lipinski definition) is 0. The number of nitrogens with zero attached hydrogens (tertiary/aromatic N) is 2. The van der Waals surface area contributed by atoms with E-state index in [9.17, 15) is 10.1 Å². The van der Waals surface area contributed by atoms with E-state index >= 15 is 0 Å². The number of halogens is 1. The van der Waals surface area contributed by atoms with Crippen molar-refractivity contribution >= 4 is 28.6 Å². The van der Waals surface area contributed by atoms with Crippen LogP contribution in [0.5, 0.6) is 0 Å². The molecular weight excluding hydrogens is 284 g/mol. The van der Waals surface area contributed by atoms with Gasteiger partial charge in [-0.1, -0.05) is 32.4 Å². The van der Waals surface area contributed by atoms with E-state index in [1.54, 1.807) is 17.4 Å². The number of benzene rings is 1. The molecule has 1 aromatic carbocycles. The number of nitro groups is 1. The van der Waals surface area contributed by atoms with Crippen LogP contribution >= 0.6 is 22.9 Å². The number of hydrogen-bond acceptors (Lipinski definition) is 4. The van der Waals surface area contributed by atoms with E-state index in [1.165, 1.54) is 12.1 Å². The first-order valence-corrected chi connectivity index (χ1v) is 7.26. The van der Waals surface area contributed by atoms with Crippen LogP contribution in [0.15, 0.2) is 23.6 Å². The Morgan fingerprint density at radius 1 is 1.42 bits per heavy atom. The van der Waals surface area contributed by atoms with E-state index in [-0.39, 0.29) is 5.69 Å². The summed E-state index contributed by atoms with van der Waals surface area (Å²) in [5.41, 5.74) is 1.49. The van der Waals surface area contributed by atoms with Crippen molar-refractivity contribution in [2.45, 2.75) is 27.2 Å². The van der Waals surface area contributed by atoms with E-state index in [1.807, 2.05) is 26.2 Å². The molecule has 0 N–H and O–H groups in total. The molecule has 1 heterocycles. The molecule has 2 aromatic rings. The lowest BCUT2D eigenvalue weighted by Crippen LogP contribution is -1.89. The maximum Gasteiger partial charge on any atom is 0.270 e. The monoisotopic (exact) mass is 298 g/mol. The van der Waals surface area contributed by atoms with Crippen molar-refractivity contribution in [3.05, 3.63) is 43.7 Å². The number of aryl methyl sites for hydroxylation is 1.